The maximum Gasteiger partial charge on any atom is 0.275 e. The Hall–Kier alpha value is -1.95. The van der Waals surface area contributed by atoms with E-state index in [9.17, 15) is 4.79 Å². The van der Waals surface area contributed by atoms with Crippen molar-refractivity contribution in [2.75, 3.05) is 27.8 Å². The van der Waals surface area contributed by atoms with Crippen molar-refractivity contribution in [3.8, 4) is 11.5 Å². The van der Waals surface area contributed by atoms with Crippen LogP contribution in [0.4, 0.5) is 0 Å². The van der Waals surface area contributed by atoms with E-state index in [2.05, 4.69) is 5.32 Å². The number of ether oxygens (including phenoxy) is 2. The Morgan fingerprint density at radius 2 is 1.81 bits per heavy atom. The summed E-state index contributed by atoms with van der Waals surface area (Å²) < 4.78 is 10.6. The SMILES string of the molecule is COc1ccc(C[NH+](C)CC(=O)N[C@H](C)c2ccc(Cl)cc2Cl)cc1OC. The second-order valence-corrected chi connectivity index (χ2v) is 7.30. The first-order chi connectivity index (χ1) is 12.8. The molecule has 0 saturated carbocycles. The fraction of sp³-hybridized carbons (Fsp3) is 0.350. The van der Waals surface area contributed by atoms with Gasteiger partial charge in [-0.25, -0.2) is 0 Å². The molecule has 7 heteroatoms. The Kier molecular flexibility index (Phi) is 7.78. The van der Waals surface area contributed by atoms with Gasteiger partial charge in [0.1, 0.15) is 6.54 Å². The van der Waals surface area contributed by atoms with Gasteiger partial charge in [0.05, 0.1) is 27.3 Å². The average Bonchev–Trinajstić information content (AvgIpc) is 2.61. The minimum Gasteiger partial charge on any atom is -0.493 e. The molecule has 146 valence electrons. The molecular formula is C20H25Cl2N2O3+. The molecule has 0 fully saturated rings. The molecule has 0 bridgehead atoms. The maximum atomic E-state index is 12.4. The van der Waals surface area contributed by atoms with Gasteiger partial charge in [-0.3, -0.25) is 4.79 Å². The third-order valence-electron chi connectivity index (χ3n) is 4.22. The lowest BCUT2D eigenvalue weighted by Crippen LogP contribution is -3.08. The predicted octanol–water partition coefficient (Wildman–Crippen LogP) is 2.90. The van der Waals surface area contributed by atoms with Gasteiger partial charge in [0.25, 0.3) is 5.91 Å². The van der Waals surface area contributed by atoms with Crippen molar-refractivity contribution >= 4 is 29.1 Å². The number of hydrogen-bond donors (Lipinski definition) is 2. The molecule has 0 radical (unpaired) electrons. The van der Waals surface area contributed by atoms with E-state index < -0.39 is 0 Å². The summed E-state index contributed by atoms with van der Waals surface area (Å²) >= 11 is 12.1. The molecule has 0 saturated heterocycles. The summed E-state index contributed by atoms with van der Waals surface area (Å²) in [6.45, 7) is 2.92. The van der Waals surface area contributed by atoms with E-state index >= 15 is 0 Å². The second kappa shape index (κ2) is 9.83. The average molecular weight is 412 g/mol. The minimum absolute atomic E-state index is 0.0495. The predicted molar refractivity (Wildman–Crippen MR) is 108 cm³/mol. The molecule has 2 aromatic rings. The number of halogens is 2. The third kappa shape index (κ3) is 6.03. The van der Waals surface area contributed by atoms with E-state index in [0.717, 1.165) is 16.0 Å². The number of methoxy groups -OCH3 is 2. The Morgan fingerprint density at radius 3 is 2.44 bits per heavy atom. The van der Waals surface area contributed by atoms with Gasteiger partial charge < -0.3 is 19.7 Å². The normalized spacial score (nSPS) is 13.0. The number of nitrogens with one attached hydrogen (secondary N) is 2. The minimum atomic E-state index is -0.198. The van der Waals surface area contributed by atoms with E-state index in [0.29, 0.717) is 34.6 Å². The van der Waals surface area contributed by atoms with Gasteiger partial charge in [-0.1, -0.05) is 29.3 Å². The van der Waals surface area contributed by atoms with Gasteiger partial charge in [0.2, 0.25) is 0 Å². The van der Waals surface area contributed by atoms with Crippen LogP contribution in [0.3, 0.4) is 0 Å². The Labute approximate surface area is 170 Å². The lowest BCUT2D eigenvalue weighted by molar-refractivity contribution is -0.885. The molecule has 0 aliphatic rings. The van der Waals surface area contributed by atoms with Crippen LogP contribution in [-0.2, 0) is 11.3 Å². The molecule has 2 rings (SSSR count). The molecule has 5 nitrogen and oxygen atoms in total. The van der Waals surface area contributed by atoms with Crippen LogP contribution >= 0.6 is 23.2 Å². The molecule has 1 unspecified atom stereocenters. The highest BCUT2D eigenvalue weighted by Crippen LogP contribution is 2.27. The van der Waals surface area contributed by atoms with Crippen LogP contribution in [0.15, 0.2) is 36.4 Å². The van der Waals surface area contributed by atoms with E-state index in [1.807, 2.05) is 38.2 Å². The first-order valence-electron chi connectivity index (χ1n) is 8.60. The molecule has 0 aliphatic carbocycles. The molecule has 0 spiro atoms. The third-order valence-corrected chi connectivity index (χ3v) is 4.79. The van der Waals surface area contributed by atoms with E-state index in [1.165, 1.54) is 0 Å². The summed E-state index contributed by atoms with van der Waals surface area (Å²) in [5.41, 5.74) is 1.90. The molecule has 0 heterocycles. The highest BCUT2D eigenvalue weighted by atomic mass is 35.5. The van der Waals surface area contributed by atoms with Crippen LogP contribution in [-0.4, -0.2) is 33.7 Å². The van der Waals surface area contributed by atoms with Crippen molar-refractivity contribution in [3.05, 3.63) is 57.6 Å². The highest BCUT2D eigenvalue weighted by Gasteiger charge is 2.17. The zero-order valence-electron chi connectivity index (χ0n) is 15.9. The summed E-state index contributed by atoms with van der Waals surface area (Å²) in [7, 11) is 5.18. The first kappa shape index (κ1) is 21.4. The van der Waals surface area contributed by atoms with Crippen molar-refractivity contribution in [3.63, 3.8) is 0 Å². The molecule has 0 aliphatic heterocycles. The van der Waals surface area contributed by atoms with Gasteiger partial charge in [0.15, 0.2) is 18.0 Å². The van der Waals surface area contributed by atoms with E-state index in [1.54, 1.807) is 26.4 Å². The Balaban J connectivity index is 1.93. The van der Waals surface area contributed by atoms with E-state index in [-0.39, 0.29) is 11.9 Å². The summed E-state index contributed by atoms with van der Waals surface area (Å²) in [5, 5.41) is 4.10. The van der Waals surface area contributed by atoms with Gasteiger partial charge >= 0.3 is 0 Å². The fourth-order valence-electron chi connectivity index (χ4n) is 2.90. The topological polar surface area (TPSA) is 52.0 Å². The second-order valence-electron chi connectivity index (χ2n) is 6.46. The maximum absolute atomic E-state index is 12.4. The van der Waals surface area contributed by atoms with Crippen LogP contribution in [0.1, 0.15) is 24.1 Å². The lowest BCUT2D eigenvalue weighted by atomic mass is 10.1. The van der Waals surface area contributed by atoms with Crippen LogP contribution in [0.2, 0.25) is 10.0 Å². The molecule has 1 amide bonds. The van der Waals surface area contributed by atoms with Crippen LogP contribution in [0, 0.1) is 0 Å². The van der Waals surface area contributed by atoms with Crippen molar-refractivity contribution < 1.29 is 19.2 Å². The zero-order chi connectivity index (χ0) is 20.0. The van der Waals surface area contributed by atoms with Crippen molar-refractivity contribution in [1.82, 2.24) is 5.32 Å². The van der Waals surface area contributed by atoms with Crippen molar-refractivity contribution in [2.45, 2.75) is 19.5 Å². The smallest absolute Gasteiger partial charge is 0.275 e. The number of rotatable bonds is 8. The first-order valence-corrected chi connectivity index (χ1v) is 9.36. The largest absolute Gasteiger partial charge is 0.493 e. The summed E-state index contributed by atoms with van der Waals surface area (Å²) in [6, 6.07) is 10.8. The van der Waals surface area contributed by atoms with E-state index in [4.69, 9.17) is 32.7 Å². The summed E-state index contributed by atoms with van der Waals surface area (Å²) in [4.78, 5) is 13.4. The number of likely N-dealkylation sites (N-methyl/N-ethyl adjacent to an activating group) is 1. The van der Waals surface area contributed by atoms with Crippen molar-refractivity contribution in [2.24, 2.45) is 0 Å². The quantitative estimate of drug-likeness (QED) is 0.701. The summed E-state index contributed by atoms with van der Waals surface area (Å²) in [5.74, 6) is 1.31. The number of carbonyl (C=O) groups excluding carboxylic acids is 1. The van der Waals surface area contributed by atoms with Crippen LogP contribution in [0.25, 0.3) is 0 Å². The fourth-order valence-corrected chi connectivity index (χ4v) is 3.47. The number of amides is 1. The summed E-state index contributed by atoms with van der Waals surface area (Å²) in [6.07, 6.45) is 0. The number of benzene rings is 2. The molecule has 0 aromatic heterocycles. The lowest BCUT2D eigenvalue weighted by Gasteiger charge is -2.19. The zero-order valence-corrected chi connectivity index (χ0v) is 17.4. The molecule has 2 aromatic carbocycles. The Bertz CT molecular complexity index is 799. The molecular weight excluding hydrogens is 387 g/mol. The van der Waals surface area contributed by atoms with Crippen molar-refractivity contribution in [1.29, 1.82) is 0 Å². The van der Waals surface area contributed by atoms with Gasteiger partial charge in [0, 0.05) is 15.6 Å². The van der Waals surface area contributed by atoms with Gasteiger partial charge in [-0.15, -0.1) is 0 Å². The number of quaternary nitrogens is 1. The molecule has 27 heavy (non-hydrogen) atoms. The van der Waals surface area contributed by atoms with Crippen LogP contribution < -0.4 is 19.7 Å². The Morgan fingerprint density at radius 1 is 1.11 bits per heavy atom. The monoisotopic (exact) mass is 411 g/mol. The highest BCUT2D eigenvalue weighted by molar-refractivity contribution is 6.35. The van der Waals surface area contributed by atoms with Crippen LogP contribution in [0.5, 0.6) is 11.5 Å². The molecule has 2 N–H and O–H groups in total. The number of carbonyl (C=O) groups is 1. The number of hydrogen-bond acceptors (Lipinski definition) is 3. The molecule has 2 atom stereocenters. The standard InChI is InChI=1S/C20H24Cl2N2O3/c1-13(16-7-6-15(21)10-17(16)22)23-20(25)12-24(2)11-14-5-8-18(26-3)19(9-14)27-4/h5-10,13H,11-12H2,1-4H3,(H,23,25)/p+1/t13-/m1/s1. The van der Waals surface area contributed by atoms with Gasteiger partial charge in [-0.2, -0.15) is 0 Å². The van der Waals surface area contributed by atoms with Gasteiger partial charge in [-0.05, 0) is 42.8 Å².